The number of ether oxygens (including phenoxy) is 5. The molecular weight excluding hydrogens is 701 g/mol. The van der Waals surface area contributed by atoms with Crippen LogP contribution in [0.4, 0.5) is 27.9 Å². The van der Waals surface area contributed by atoms with Gasteiger partial charge in [0.05, 0.1) is 30.3 Å². The van der Waals surface area contributed by atoms with Crippen molar-refractivity contribution >= 4 is 39.9 Å². The molecule has 6 aromatic rings. The first-order valence-corrected chi connectivity index (χ1v) is 18.5. The number of morpholine rings is 1. The molecule has 8 rings (SSSR count). The summed E-state index contributed by atoms with van der Waals surface area (Å²) in [6.07, 6.45) is 4.45. The number of fused-ring (bicyclic) bond motifs is 2. The molecule has 0 aliphatic carbocycles. The van der Waals surface area contributed by atoms with Gasteiger partial charge in [0, 0.05) is 60.5 Å². The van der Waals surface area contributed by atoms with Crippen LogP contribution >= 0.6 is 0 Å². The lowest BCUT2D eigenvalue weighted by atomic mass is 10.1. The Kier molecular flexibility index (Phi) is 10.9. The van der Waals surface area contributed by atoms with Gasteiger partial charge >= 0.3 is 6.03 Å². The SMILES string of the molecule is CCCCc1cc(NC(=O)Nc2ccc(Oc3ccnc(Nc4ccc5c(c4)OCO5)n3)c3ccccc23)n(-c2ccc(OCCN3CCOCC3)cc2)n1. The van der Waals surface area contributed by atoms with E-state index in [0.717, 1.165) is 85.7 Å². The van der Waals surface area contributed by atoms with Crippen molar-refractivity contribution in [2.45, 2.75) is 26.2 Å². The third-order valence-corrected chi connectivity index (χ3v) is 9.25. The molecule has 2 aliphatic heterocycles. The van der Waals surface area contributed by atoms with Crippen molar-refractivity contribution < 1.29 is 28.5 Å². The van der Waals surface area contributed by atoms with E-state index in [0.29, 0.717) is 47.2 Å². The number of hydrogen-bond acceptors (Lipinski definition) is 11. The van der Waals surface area contributed by atoms with Crippen LogP contribution in [0.5, 0.6) is 28.9 Å². The first kappa shape index (κ1) is 35.6. The number of rotatable bonds is 14. The molecule has 4 heterocycles. The molecule has 1 fully saturated rings. The van der Waals surface area contributed by atoms with Gasteiger partial charge in [-0.25, -0.2) is 14.5 Å². The summed E-state index contributed by atoms with van der Waals surface area (Å²) in [4.78, 5) is 24.8. The van der Waals surface area contributed by atoms with Crippen LogP contribution in [0.1, 0.15) is 25.5 Å². The molecule has 55 heavy (non-hydrogen) atoms. The van der Waals surface area contributed by atoms with E-state index < -0.39 is 6.03 Å². The van der Waals surface area contributed by atoms with Gasteiger partial charge in [0.15, 0.2) is 11.5 Å². The Labute approximate surface area is 318 Å². The molecule has 1 saturated heterocycles. The number of unbranched alkanes of at least 4 members (excludes halogenated alkanes) is 1. The third kappa shape index (κ3) is 8.72. The molecule has 2 amide bonds. The summed E-state index contributed by atoms with van der Waals surface area (Å²) in [6.45, 7) is 7.17. The van der Waals surface area contributed by atoms with Gasteiger partial charge in [-0.2, -0.15) is 10.1 Å². The van der Waals surface area contributed by atoms with Crippen LogP contribution in [0.2, 0.25) is 0 Å². The number of carbonyl (C=O) groups excluding carboxylic acids is 1. The first-order chi connectivity index (χ1) is 27.1. The Morgan fingerprint density at radius 3 is 2.58 bits per heavy atom. The number of nitrogens with zero attached hydrogens (tertiary/aromatic N) is 5. The van der Waals surface area contributed by atoms with Gasteiger partial charge < -0.3 is 34.3 Å². The molecule has 0 bridgehead atoms. The fourth-order valence-corrected chi connectivity index (χ4v) is 6.41. The van der Waals surface area contributed by atoms with Gasteiger partial charge in [0.1, 0.15) is 23.9 Å². The van der Waals surface area contributed by atoms with E-state index in [1.54, 1.807) is 16.9 Å². The van der Waals surface area contributed by atoms with E-state index in [1.165, 1.54) is 0 Å². The molecule has 0 atom stereocenters. The topological polar surface area (TPSA) is 146 Å². The van der Waals surface area contributed by atoms with Crippen molar-refractivity contribution in [1.82, 2.24) is 24.6 Å². The van der Waals surface area contributed by atoms with Gasteiger partial charge in [-0.15, -0.1) is 0 Å². The summed E-state index contributed by atoms with van der Waals surface area (Å²) in [7, 11) is 0. The Bertz CT molecular complexity index is 2260. The van der Waals surface area contributed by atoms with Gasteiger partial charge in [0.25, 0.3) is 0 Å². The van der Waals surface area contributed by atoms with E-state index in [2.05, 4.69) is 37.7 Å². The predicted octanol–water partition coefficient (Wildman–Crippen LogP) is 7.78. The molecular formula is C41H42N8O6. The number of nitrogens with one attached hydrogen (secondary N) is 3. The molecule has 4 aromatic carbocycles. The average molecular weight is 743 g/mol. The quantitative estimate of drug-likeness (QED) is 0.101. The highest BCUT2D eigenvalue weighted by Gasteiger charge is 2.17. The second kappa shape index (κ2) is 16.7. The van der Waals surface area contributed by atoms with E-state index in [4.69, 9.17) is 28.8 Å². The summed E-state index contributed by atoms with van der Waals surface area (Å²) in [5.41, 5.74) is 3.07. The van der Waals surface area contributed by atoms with E-state index in [-0.39, 0.29) is 6.79 Å². The number of amides is 2. The summed E-state index contributed by atoms with van der Waals surface area (Å²) >= 11 is 0. The number of benzene rings is 4. The summed E-state index contributed by atoms with van der Waals surface area (Å²) in [6, 6.07) is 27.8. The predicted molar refractivity (Wildman–Crippen MR) is 209 cm³/mol. The number of aryl methyl sites for hydroxylation is 1. The highest BCUT2D eigenvalue weighted by Crippen LogP contribution is 2.36. The molecule has 0 radical (unpaired) electrons. The van der Waals surface area contributed by atoms with Crippen molar-refractivity contribution in [1.29, 1.82) is 0 Å². The zero-order valence-electron chi connectivity index (χ0n) is 30.5. The number of hydrogen-bond donors (Lipinski definition) is 3. The Hall–Kier alpha value is -6.38. The van der Waals surface area contributed by atoms with Crippen LogP contribution in [-0.4, -0.2) is 76.9 Å². The van der Waals surface area contributed by atoms with Crippen LogP contribution in [0, 0.1) is 0 Å². The van der Waals surface area contributed by atoms with E-state index >= 15 is 0 Å². The molecule has 282 valence electrons. The zero-order chi connectivity index (χ0) is 37.4. The van der Waals surface area contributed by atoms with Crippen molar-refractivity contribution in [3.05, 3.63) is 103 Å². The number of anilines is 4. The van der Waals surface area contributed by atoms with Gasteiger partial charge in [-0.1, -0.05) is 37.6 Å². The van der Waals surface area contributed by atoms with Crippen molar-refractivity contribution in [2.75, 3.05) is 62.2 Å². The highest BCUT2D eigenvalue weighted by atomic mass is 16.7. The van der Waals surface area contributed by atoms with Gasteiger partial charge in [0.2, 0.25) is 18.6 Å². The van der Waals surface area contributed by atoms with Crippen LogP contribution in [-0.2, 0) is 11.2 Å². The maximum atomic E-state index is 13.6. The zero-order valence-corrected chi connectivity index (χ0v) is 30.5. The Balaban J connectivity index is 0.949. The molecule has 14 heteroatoms. The second-order valence-electron chi connectivity index (χ2n) is 13.1. The fraction of sp³-hybridized carbons (Fsp3) is 0.268. The molecule has 2 aromatic heterocycles. The lowest BCUT2D eigenvalue weighted by Gasteiger charge is -2.26. The normalized spacial score (nSPS) is 13.8. The van der Waals surface area contributed by atoms with E-state index in [9.17, 15) is 4.79 Å². The van der Waals surface area contributed by atoms with E-state index in [1.807, 2.05) is 84.9 Å². The maximum Gasteiger partial charge on any atom is 0.324 e. The van der Waals surface area contributed by atoms with Crippen molar-refractivity contribution in [2.24, 2.45) is 0 Å². The van der Waals surface area contributed by atoms with Crippen LogP contribution in [0.3, 0.4) is 0 Å². The Morgan fingerprint density at radius 1 is 0.891 bits per heavy atom. The highest BCUT2D eigenvalue weighted by molar-refractivity contribution is 6.07. The van der Waals surface area contributed by atoms with Crippen molar-refractivity contribution in [3.8, 4) is 34.6 Å². The Morgan fingerprint density at radius 2 is 1.73 bits per heavy atom. The summed E-state index contributed by atoms with van der Waals surface area (Å²) in [5.74, 6) is 3.96. The first-order valence-electron chi connectivity index (χ1n) is 18.5. The molecule has 3 N–H and O–H groups in total. The standard InChI is InChI=1S/C41H42N8O6/c1-2-3-6-29-26-38(49(47-29)30-10-12-31(13-11-30)52-24-21-48-19-22-51-23-20-48)45-41(50)44-34-14-16-35(33-8-5-4-7-32(33)34)55-39-17-18-42-40(46-39)43-28-9-15-36-37(25-28)54-27-53-36/h4-5,7-18,25-26H,2-3,6,19-24,27H2,1H3,(H,42,43,46)(H2,44,45,50). The fourth-order valence-electron chi connectivity index (χ4n) is 6.41. The number of urea groups is 1. The molecule has 0 unspecified atom stereocenters. The average Bonchev–Trinajstić information content (AvgIpc) is 3.85. The largest absolute Gasteiger partial charge is 0.492 e. The van der Waals surface area contributed by atoms with Gasteiger partial charge in [-0.3, -0.25) is 10.2 Å². The van der Waals surface area contributed by atoms with Gasteiger partial charge in [-0.05, 0) is 61.4 Å². The van der Waals surface area contributed by atoms with Crippen LogP contribution < -0.4 is 34.9 Å². The van der Waals surface area contributed by atoms with Crippen molar-refractivity contribution in [3.63, 3.8) is 0 Å². The minimum atomic E-state index is -0.403. The lowest BCUT2D eigenvalue weighted by molar-refractivity contribution is 0.0322. The number of carbonyl (C=O) groups is 1. The lowest BCUT2D eigenvalue weighted by Crippen LogP contribution is -2.38. The summed E-state index contributed by atoms with van der Waals surface area (Å²) in [5, 5.41) is 15.7. The summed E-state index contributed by atoms with van der Waals surface area (Å²) < 4.78 is 30.4. The molecule has 0 spiro atoms. The second-order valence-corrected chi connectivity index (χ2v) is 13.1. The molecule has 0 saturated carbocycles. The maximum absolute atomic E-state index is 13.6. The van der Waals surface area contributed by atoms with Crippen LogP contribution in [0.15, 0.2) is 97.2 Å². The minimum Gasteiger partial charge on any atom is -0.492 e. The smallest absolute Gasteiger partial charge is 0.324 e. The van der Waals surface area contributed by atoms with Crippen LogP contribution in [0.25, 0.3) is 16.5 Å². The monoisotopic (exact) mass is 742 g/mol. The molecule has 2 aliphatic rings. The number of aromatic nitrogens is 4. The molecule has 14 nitrogen and oxygen atoms in total. The third-order valence-electron chi connectivity index (χ3n) is 9.25. The minimum absolute atomic E-state index is 0.194.